The molecule has 0 unspecified atom stereocenters. The van der Waals surface area contributed by atoms with Gasteiger partial charge in [0.25, 0.3) is 5.91 Å². The number of aliphatic hydroxyl groups is 1. The molecule has 0 bridgehead atoms. The second-order valence-electron chi connectivity index (χ2n) is 7.56. The second kappa shape index (κ2) is 7.56. The molecule has 0 spiro atoms. The lowest BCUT2D eigenvalue weighted by Gasteiger charge is -2.40. The average Bonchev–Trinajstić information content (AvgIpc) is 2.61. The first kappa shape index (κ1) is 18.5. The molecule has 0 aliphatic carbocycles. The maximum atomic E-state index is 12.9. The highest BCUT2D eigenvalue weighted by Crippen LogP contribution is 2.24. The van der Waals surface area contributed by atoms with E-state index in [9.17, 15) is 9.90 Å². The zero-order chi connectivity index (χ0) is 18.7. The van der Waals surface area contributed by atoms with Gasteiger partial charge < -0.3 is 14.9 Å². The van der Waals surface area contributed by atoms with Crippen molar-refractivity contribution in [2.45, 2.75) is 25.4 Å². The van der Waals surface area contributed by atoms with Crippen LogP contribution in [0.3, 0.4) is 0 Å². The van der Waals surface area contributed by atoms with E-state index < -0.39 is 5.60 Å². The molecule has 0 radical (unpaired) electrons. The Morgan fingerprint density at radius 1 is 1.19 bits per heavy atom. The largest absolute Gasteiger partial charge is 0.387 e. The van der Waals surface area contributed by atoms with Crippen molar-refractivity contribution in [1.82, 2.24) is 14.8 Å². The summed E-state index contributed by atoms with van der Waals surface area (Å²) >= 11 is 0. The molecule has 2 aromatic rings. The van der Waals surface area contributed by atoms with Gasteiger partial charge in [-0.2, -0.15) is 0 Å². The molecule has 26 heavy (non-hydrogen) atoms. The Kier molecular flexibility index (Phi) is 5.39. The minimum Gasteiger partial charge on any atom is -0.387 e. The van der Waals surface area contributed by atoms with Crippen molar-refractivity contribution in [3.8, 4) is 11.1 Å². The number of hydrogen-bond donors (Lipinski definition) is 1. The fraction of sp³-hybridized carbons (Fsp3) is 0.429. The maximum Gasteiger partial charge on any atom is 0.253 e. The normalized spacial score (nSPS) is 20.4. The third kappa shape index (κ3) is 4.29. The van der Waals surface area contributed by atoms with Crippen molar-refractivity contribution >= 4 is 5.91 Å². The summed E-state index contributed by atoms with van der Waals surface area (Å²) in [5, 5.41) is 10.8. The van der Waals surface area contributed by atoms with E-state index >= 15 is 0 Å². The molecule has 5 nitrogen and oxygen atoms in total. The van der Waals surface area contributed by atoms with Crippen LogP contribution in [0.25, 0.3) is 11.1 Å². The van der Waals surface area contributed by atoms with Crippen LogP contribution < -0.4 is 0 Å². The van der Waals surface area contributed by atoms with Gasteiger partial charge in [-0.25, -0.2) is 0 Å². The summed E-state index contributed by atoms with van der Waals surface area (Å²) in [6.07, 6.45) is 3.40. The van der Waals surface area contributed by atoms with Crippen LogP contribution in [0.15, 0.2) is 42.6 Å². The molecule has 138 valence electrons. The maximum absolute atomic E-state index is 12.9. The molecule has 1 amide bonds. The monoisotopic (exact) mass is 353 g/mol. The smallest absolute Gasteiger partial charge is 0.253 e. The van der Waals surface area contributed by atoms with Crippen LogP contribution in [0.4, 0.5) is 0 Å². The van der Waals surface area contributed by atoms with E-state index in [1.807, 2.05) is 68.5 Å². The molecular formula is C21H27N3O2. The van der Waals surface area contributed by atoms with Crippen molar-refractivity contribution in [1.29, 1.82) is 0 Å². The predicted octanol–water partition coefficient (Wildman–Crippen LogP) is 2.59. The third-order valence-corrected chi connectivity index (χ3v) is 4.83. The number of aromatic nitrogens is 1. The van der Waals surface area contributed by atoms with Gasteiger partial charge in [0.1, 0.15) is 0 Å². The number of likely N-dealkylation sites (tertiary alicyclic amines) is 1. The van der Waals surface area contributed by atoms with E-state index in [4.69, 9.17) is 0 Å². The number of likely N-dealkylation sites (N-methyl/N-ethyl adjacent to an activating group) is 1. The van der Waals surface area contributed by atoms with Crippen LogP contribution in [0.2, 0.25) is 0 Å². The van der Waals surface area contributed by atoms with E-state index in [1.54, 1.807) is 4.90 Å². The Hall–Kier alpha value is -2.24. The first-order valence-corrected chi connectivity index (χ1v) is 9.06. The highest BCUT2D eigenvalue weighted by Gasteiger charge is 2.35. The molecule has 1 fully saturated rings. The summed E-state index contributed by atoms with van der Waals surface area (Å²) in [7, 11) is 3.88. The van der Waals surface area contributed by atoms with Crippen LogP contribution in [-0.2, 0) is 0 Å². The zero-order valence-electron chi connectivity index (χ0n) is 15.8. The van der Waals surface area contributed by atoms with E-state index in [2.05, 4.69) is 4.98 Å². The number of carbonyl (C=O) groups is 1. The van der Waals surface area contributed by atoms with E-state index in [0.29, 0.717) is 25.2 Å². The first-order valence-electron chi connectivity index (χ1n) is 9.06. The number of nitrogens with zero attached hydrogens (tertiary/aromatic N) is 3. The molecule has 1 aromatic heterocycles. The molecule has 5 heteroatoms. The Bertz CT molecular complexity index is 756. The minimum absolute atomic E-state index is 0.0181. The van der Waals surface area contributed by atoms with E-state index in [1.165, 1.54) is 0 Å². The Balaban J connectivity index is 1.72. The molecule has 2 heterocycles. The Morgan fingerprint density at radius 3 is 2.50 bits per heavy atom. The summed E-state index contributed by atoms with van der Waals surface area (Å²) in [5.41, 5.74) is 2.88. The Morgan fingerprint density at radius 2 is 1.88 bits per heavy atom. The highest BCUT2D eigenvalue weighted by atomic mass is 16.3. The summed E-state index contributed by atoms with van der Waals surface area (Å²) in [6, 6.07) is 11.6. The number of rotatable bonds is 4. The van der Waals surface area contributed by atoms with E-state index in [0.717, 1.165) is 29.7 Å². The lowest BCUT2D eigenvalue weighted by Crippen LogP contribution is -2.54. The zero-order valence-corrected chi connectivity index (χ0v) is 15.8. The van der Waals surface area contributed by atoms with Crippen LogP contribution >= 0.6 is 0 Å². The number of amides is 1. The topological polar surface area (TPSA) is 56.7 Å². The number of aryl methyl sites for hydroxylation is 1. The number of pyridine rings is 1. The van der Waals surface area contributed by atoms with Gasteiger partial charge in [-0.15, -0.1) is 0 Å². The van der Waals surface area contributed by atoms with Crippen LogP contribution in [0, 0.1) is 6.92 Å². The van der Waals surface area contributed by atoms with Gasteiger partial charge >= 0.3 is 0 Å². The molecular weight excluding hydrogens is 326 g/mol. The minimum atomic E-state index is -0.828. The summed E-state index contributed by atoms with van der Waals surface area (Å²) < 4.78 is 0. The van der Waals surface area contributed by atoms with Gasteiger partial charge in [0.05, 0.1) is 12.1 Å². The summed E-state index contributed by atoms with van der Waals surface area (Å²) in [4.78, 5) is 20.9. The van der Waals surface area contributed by atoms with Crippen molar-refractivity contribution in [2.75, 3.05) is 33.7 Å². The molecule has 3 rings (SSSR count). The molecule has 0 saturated carbocycles. The predicted molar refractivity (Wildman–Crippen MR) is 103 cm³/mol. The summed E-state index contributed by atoms with van der Waals surface area (Å²) in [5.74, 6) is -0.0181. The molecule has 1 N–H and O–H groups in total. The fourth-order valence-corrected chi connectivity index (χ4v) is 3.63. The summed E-state index contributed by atoms with van der Waals surface area (Å²) in [6.45, 7) is 3.60. The van der Waals surface area contributed by atoms with Crippen molar-refractivity contribution < 1.29 is 9.90 Å². The van der Waals surface area contributed by atoms with Crippen LogP contribution in [0.5, 0.6) is 0 Å². The standard InChI is InChI=1S/C21H27N3O2/c1-16-5-6-19(13-22-16)17-7-9-18(10-8-17)20(25)24-12-4-11-21(26,15-24)14-23(2)3/h5-10,13,26H,4,11-12,14-15H2,1-3H3/t21-/m0/s1. The third-order valence-electron chi connectivity index (χ3n) is 4.83. The molecule has 1 saturated heterocycles. The highest BCUT2D eigenvalue weighted by molar-refractivity contribution is 5.94. The number of β-amino-alcohol motifs (C(OH)–C–C–N with tert-alkyl or cyclic N) is 1. The van der Waals surface area contributed by atoms with Gasteiger partial charge in [-0.3, -0.25) is 9.78 Å². The van der Waals surface area contributed by atoms with Gasteiger partial charge in [-0.1, -0.05) is 18.2 Å². The van der Waals surface area contributed by atoms with Crippen molar-refractivity contribution in [3.63, 3.8) is 0 Å². The molecule has 1 aromatic carbocycles. The number of carbonyl (C=O) groups excluding carboxylic acids is 1. The van der Waals surface area contributed by atoms with Crippen LogP contribution in [-0.4, -0.2) is 65.1 Å². The van der Waals surface area contributed by atoms with Gasteiger partial charge in [0.2, 0.25) is 0 Å². The van der Waals surface area contributed by atoms with Crippen molar-refractivity contribution in [2.24, 2.45) is 0 Å². The molecule has 1 atom stereocenters. The van der Waals surface area contributed by atoms with Crippen LogP contribution in [0.1, 0.15) is 28.9 Å². The number of benzene rings is 1. The SMILES string of the molecule is Cc1ccc(-c2ccc(C(=O)N3CCC[C@](O)(CN(C)C)C3)cc2)cn1. The Labute approximate surface area is 155 Å². The molecule has 1 aliphatic rings. The quantitative estimate of drug-likeness (QED) is 0.918. The van der Waals surface area contributed by atoms with Gasteiger partial charge in [0, 0.05) is 36.1 Å². The fourth-order valence-electron chi connectivity index (χ4n) is 3.63. The first-order chi connectivity index (χ1) is 12.4. The number of hydrogen-bond acceptors (Lipinski definition) is 4. The lowest BCUT2D eigenvalue weighted by atomic mass is 9.92. The number of piperidine rings is 1. The second-order valence-corrected chi connectivity index (χ2v) is 7.56. The average molecular weight is 353 g/mol. The van der Waals surface area contributed by atoms with Gasteiger partial charge in [-0.05, 0) is 57.6 Å². The van der Waals surface area contributed by atoms with Crippen molar-refractivity contribution in [3.05, 3.63) is 53.9 Å². The van der Waals surface area contributed by atoms with E-state index in [-0.39, 0.29) is 5.91 Å². The lowest BCUT2D eigenvalue weighted by molar-refractivity contribution is -0.0391. The molecule has 1 aliphatic heterocycles. The van der Waals surface area contributed by atoms with Gasteiger partial charge in [0.15, 0.2) is 0 Å².